The number of halogens is 3. The molecule has 2 rings (SSSR count). The van der Waals surface area contributed by atoms with Crippen molar-refractivity contribution >= 4 is 67.3 Å². The third-order valence-corrected chi connectivity index (χ3v) is 6.80. The fourth-order valence-corrected chi connectivity index (χ4v) is 5.13. The molecule has 0 fully saturated rings. The highest BCUT2D eigenvalue weighted by molar-refractivity contribution is 9.10. The van der Waals surface area contributed by atoms with Crippen LogP contribution in [0.3, 0.4) is 0 Å². The summed E-state index contributed by atoms with van der Waals surface area (Å²) in [7, 11) is -2.42. The maximum absolute atomic E-state index is 12.2. The molecule has 5 nitrogen and oxygen atoms in total. The van der Waals surface area contributed by atoms with E-state index in [1.165, 1.54) is 30.3 Å². The first kappa shape index (κ1) is 17.7. The molecular weight excluding hydrogens is 482 g/mol. The van der Waals surface area contributed by atoms with E-state index >= 15 is 0 Å². The van der Waals surface area contributed by atoms with E-state index in [0.717, 1.165) is 4.47 Å². The zero-order chi connectivity index (χ0) is 16.5. The average Bonchev–Trinajstić information content (AvgIpc) is 2.37. The molecule has 0 saturated heterocycles. The molecule has 0 bridgehead atoms. The lowest BCUT2D eigenvalue weighted by Gasteiger charge is -2.09. The fraction of sp³-hybridized carbons (Fsp3) is 0. The van der Waals surface area contributed by atoms with Crippen molar-refractivity contribution in [2.45, 2.75) is 9.79 Å². The molecule has 1 N–H and O–H groups in total. The summed E-state index contributed by atoms with van der Waals surface area (Å²) in [6, 6.07) is 9.95. The van der Waals surface area contributed by atoms with Crippen LogP contribution >= 0.6 is 42.5 Å². The van der Waals surface area contributed by atoms with Gasteiger partial charge in [0.05, 0.1) is 15.5 Å². The van der Waals surface area contributed by atoms with Crippen molar-refractivity contribution in [3.05, 3.63) is 51.4 Å². The molecule has 0 spiro atoms. The van der Waals surface area contributed by atoms with Gasteiger partial charge in [0.1, 0.15) is 0 Å². The van der Waals surface area contributed by atoms with E-state index in [9.17, 15) is 16.8 Å². The largest absolute Gasteiger partial charge is 0.280 e. The molecular formula is C12H8Br2ClNO4S2. The lowest BCUT2D eigenvalue weighted by atomic mass is 10.3. The van der Waals surface area contributed by atoms with Gasteiger partial charge in [-0.1, -0.05) is 15.9 Å². The van der Waals surface area contributed by atoms with E-state index in [1.807, 2.05) is 0 Å². The van der Waals surface area contributed by atoms with Gasteiger partial charge in [0.25, 0.3) is 19.1 Å². The van der Waals surface area contributed by atoms with Crippen molar-refractivity contribution < 1.29 is 16.8 Å². The molecule has 118 valence electrons. The van der Waals surface area contributed by atoms with Crippen molar-refractivity contribution in [1.82, 2.24) is 0 Å². The van der Waals surface area contributed by atoms with Crippen molar-refractivity contribution in [2.75, 3.05) is 4.72 Å². The summed E-state index contributed by atoms with van der Waals surface area (Å²) in [4.78, 5) is -0.0541. The van der Waals surface area contributed by atoms with Gasteiger partial charge < -0.3 is 0 Å². The first-order valence-electron chi connectivity index (χ1n) is 5.62. The van der Waals surface area contributed by atoms with Crippen LogP contribution in [0.5, 0.6) is 0 Å². The second-order valence-corrected chi connectivity index (χ2v) is 10.1. The van der Waals surface area contributed by atoms with E-state index in [2.05, 4.69) is 36.6 Å². The number of anilines is 1. The zero-order valence-corrected chi connectivity index (χ0v) is 16.2. The molecule has 0 amide bonds. The highest BCUT2D eigenvalue weighted by atomic mass is 79.9. The van der Waals surface area contributed by atoms with Crippen LogP contribution in [0.25, 0.3) is 0 Å². The monoisotopic (exact) mass is 487 g/mol. The quantitative estimate of drug-likeness (QED) is 0.660. The second kappa shape index (κ2) is 6.48. The number of sulfonamides is 1. The Morgan fingerprint density at radius 1 is 0.909 bits per heavy atom. The minimum Gasteiger partial charge on any atom is -0.280 e. The highest BCUT2D eigenvalue weighted by Crippen LogP contribution is 2.29. The summed E-state index contributed by atoms with van der Waals surface area (Å²) < 4.78 is 50.3. The topological polar surface area (TPSA) is 80.3 Å². The van der Waals surface area contributed by atoms with Gasteiger partial charge in [0, 0.05) is 19.6 Å². The van der Waals surface area contributed by atoms with E-state index in [0.29, 0.717) is 0 Å². The summed E-state index contributed by atoms with van der Waals surface area (Å²) in [6.07, 6.45) is 0. The third kappa shape index (κ3) is 4.23. The molecule has 0 unspecified atom stereocenters. The van der Waals surface area contributed by atoms with E-state index < -0.39 is 19.1 Å². The molecule has 0 atom stereocenters. The normalized spacial score (nSPS) is 12.1. The predicted molar refractivity (Wildman–Crippen MR) is 92.1 cm³/mol. The van der Waals surface area contributed by atoms with Crippen molar-refractivity contribution in [1.29, 1.82) is 0 Å². The molecule has 0 saturated carbocycles. The summed E-state index contributed by atoms with van der Waals surface area (Å²) in [6.45, 7) is 0. The third-order valence-electron chi connectivity index (χ3n) is 2.57. The maximum atomic E-state index is 12.2. The summed E-state index contributed by atoms with van der Waals surface area (Å²) in [5.74, 6) is 0. The predicted octanol–water partition coefficient (Wildman–Crippen LogP) is 3.94. The Hall–Kier alpha value is -0.610. The van der Waals surface area contributed by atoms with Gasteiger partial charge in [-0.2, -0.15) is 0 Å². The lowest BCUT2D eigenvalue weighted by molar-refractivity contribution is 0.601. The Balaban J connectivity index is 2.35. The van der Waals surface area contributed by atoms with Gasteiger partial charge in [-0.05, 0) is 58.4 Å². The molecule has 0 aliphatic heterocycles. The molecule has 2 aromatic rings. The maximum Gasteiger partial charge on any atom is 0.262 e. The number of nitrogens with one attached hydrogen (secondary N) is 1. The van der Waals surface area contributed by atoms with E-state index in [4.69, 9.17) is 10.7 Å². The summed E-state index contributed by atoms with van der Waals surface area (Å²) >= 11 is 6.28. The number of hydrogen-bond donors (Lipinski definition) is 1. The minimum absolute atomic E-state index is 0.0841. The Labute approximate surface area is 149 Å². The number of benzene rings is 2. The van der Waals surface area contributed by atoms with Crippen molar-refractivity contribution in [3.8, 4) is 0 Å². The number of rotatable bonds is 4. The SMILES string of the molecule is O=S(=O)(Cl)c1ccc(NS(=O)(=O)c2ccc(Br)cc2)cc1Br. The van der Waals surface area contributed by atoms with E-state index in [1.54, 1.807) is 12.1 Å². The zero-order valence-electron chi connectivity index (χ0n) is 10.6. The Morgan fingerprint density at radius 2 is 1.50 bits per heavy atom. The van der Waals surface area contributed by atoms with Crippen LogP contribution in [-0.2, 0) is 19.1 Å². The van der Waals surface area contributed by atoms with Crippen LogP contribution in [0.1, 0.15) is 0 Å². The molecule has 0 aliphatic rings. The fourth-order valence-electron chi connectivity index (χ4n) is 1.59. The lowest BCUT2D eigenvalue weighted by Crippen LogP contribution is -2.13. The standard InChI is InChI=1S/C12H8Br2ClNO4S2/c13-8-1-4-10(5-2-8)22(19,20)16-9-3-6-12(11(14)7-9)21(15,17)18/h1-7,16H. The van der Waals surface area contributed by atoms with Gasteiger partial charge >= 0.3 is 0 Å². The van der Waals surface area contributed by atoms with Gasteiger partial charge in [-0.3, -0.25) is 4.72 Å². The second-order valence-electron chi connectivity index (χ2n) is 4.14. The summed E-state index contributed by atoms with van der Waals surface area (Å²) in [5, 5.41) is 0. The van der Waals surface area contributed by atoms with Gasteiger partial charge in [-0.25, -0.2) is 16.8 Å². The first-order valence-corrected chi connectivity index (χ1v) is 11.0. The Morgan fingerprint density at radius 3 is 2.00 bits per heavy atom. The van der Waals surface area contributed by atoms with Crippen LogP contribution in [0.4, 0.5) is 5.69 Å². The van der Waals surface area contributed by atoms with Crippen LogP contribution in [-0.4, -0.2) is 16.8 Å². The van der Waals surface area contributed by atoms with Gasteiger partial charge in [0.2, 0.25) is 0 Å². The molecule has 0 aromatic heterocycles. The number of hydrogen-bond acceptors (Lipinski definition) is 4. The molecule has 0 aliphatic carbocycles. The Kier molecular flexibility index (Phi) is 5.23. The first-order chi connectivity index (χ1) is 10.1. The average molecular weight is 490 g/mol. The van der Waals surface area contributed by atoms with Gasteiger partial charge in [0.15, 0.2) is 0 Å². The van der Waals surface area contributed by atoms with Crippen LogP contribution in [0.2, 0.25) is 0 Å². The van der Waals surface area contributed by atoms with Gasteiger partial charge in [-0.15, -0.1) is 0 Å². The Bertz CT molecular complexity index is 913. The van der Waals surface area contributed by atoms with E-state index in [-0.39, 0.29) is 20.0 Å². The smallest absolute Gasteiger partial charge is 0.262 e. The molecule has 10 heteroatoms. The van der Waals surface area contributed by atoms with Crippen LogP contribution < -0.4 is 4.72 Å². The molecule has 0 radical (unpaired) electrons. The van der Waals surface area contributed by atoms with Crippen LogP contribution in [0.15, 0.2) is 61.2 Å². The summed E-state index contributed by atoms with van der Waals surface area (Å²) in [5.41, 5.74) is 0.207. The van der Waals surface area contributed by atoms with Crippen LogP contribution in [0, 0.1) is 0 Å². The molecule has 0 heterocycles. The highest BCUT2D eigenvalue weighted by Gasteiger charge is 2.18. The molecule has 22 heavy (non-hydrogen) atoms. The minimum atomic E-state index is -3.91. The van der Waals surface area contributed by atoms with Crippen molar-refractivity contribution in [2.24, 2.45) is 0 Å². The molecule has 2 aromatic carbocycles. The van der Waals surface area contributed by atoms with Crippen molar-refractivity contribution in [3.63, 3.8) is 0 Å².